The monoisotopic (exact) mass is 283 g/mol. The van der Waals surface area contributed by atoms with Gasteiger partial charge in [-0.15, -0.1) is 0 Å². The summed E-state index contributed by atoms with van der Waals surface area (Å²) in [7, 11) is 0. The predicted octanol–water partition coefficient (Wildman–Crippen LogP) is 3.66. The molecule has 0 spiro atoms. The van der Waals surface area contributed by atoms with Crippen molar-refractivity contribution in [3.8, 4) is 0 Å². The number of nitro groups is 1. The molecule has 0 amide bonds. The van der Waals surface area contributed by atoms with E-state index >= 15 is 0 Å². The van der Waals surface area contributed by atoms with Crippen molar-refractivity contribution in [2.24, 2.45) is 5.41 Å². The highest BCUT2D eigenvalue weighted by Crippen LogP contribution is 2.34. The van der Waals surface area contributed by atoms with Crippen molar-refractivity contribution < 1.29 is 4.92 Å². The molecule has 1 fully saturated rings. The molecule has 6 heteroatoms. The molecule has 104 valence electrons. The molecule has 19 heavy (non-hydrogen) atoms. The molecular formula is C13H18ClN3O2. The van der Waals surface area contributed by atoms with Crippen molar-refractivity contribution in [2.45, 2.75) is 33.1 Å². The first kappa shape index (κ1) is 14.1. The zero-order chi connectivity index (χ0) is 14.0. The van der Waals surface area contributed by atoms with Crippen LogP contribution in [-0.2, 0) is 0 Å². The van der Waals surface area contributed by atoms with E-state index in [-0.39, 0.29) is 11.1 Å². The van der Waals surface area contributed by atoms with Crippen LogP contribution in [0.2, 0.25) is 5.15 Å². The number of nitrogens with zero attached hydrogens (tertiary/aromatic N) is 3. The summed E-state index contributed by atoms with van der Waals surface area (Å²) in [5, 5.41) is 11.4. The van der Waals surface area contributed by atoms with Gasteiger partial charge >= 0.3 is 5.69 Å². The fourth-order valence-electron chi connectivity index (χ4n) is 2.43. The Kier molecular flexibility index (Phi) is 3.94. The predicted molar refractivity (Wildman–Crippen MR) is 75.7 cm³/mol. The molecule has 1 saturated heterocycles. The van der Waals surface area contributed by atoms with Crippen molar-refractivity contribution in [2.75, 3.05) is 18.0 Å². The fraction of sp³-hybridized carbons (Fsp3) is 0.615. The van der Waals surface area contributed by atoms with Gasteiger partial charge < -0.3 is 4.90 Å². The quantitative estimate of drug-likeness (QED) is 0.472. The molecule has 0 saturated carbocycles. The normalized spacial score (nSPS) is 19.0. The third-order valence-electron chi connectivity index (χ3n) is 3.66. The van der Waals surface area contributed by atoms with Gasteiger partial charge in [0.15, 0.2) is 0 Å². The van der Waals surface area contributed by atoms with Crippen molar-refractivity contribution >= 4 is 23.1 Å². The van der Waals surface area contributed by atoms with Gasteiger partial charge in [0.05, 0.1) is 4.92 Å². The number of anilines is 1. The molecule has 2 heterocycles. The van der Waals surface area contributed by atoms with E-state index in [0.29, 0.717) is 11.0 Å². The standard InChI is InChI=1S/C13H18ClN3O2/c1-13(2)6-3-8-16(9-7-13)12-10(17(18)19)4-5-11(14)15-12/h4-5H,3,6-9H2,1-2H3. The van der Waals surface area contributed by atoms with E-state index in [2.05, 4.69) is 18.8 Å². The number of aromatic nitrogens is 1. The molecule has 1 aliphatic heterocycles. The molecule has 0 aromatic carbocycles. The summed E-state index contributed by atoms with van der Waals surface area (Å²) < 4.78 is 0. The van der Waals surface area contributed by atoms with Crippen LogP contribution >= 0.6 is 11.6 Å². The van der Waals surface area contributed by atoms with Crippen LogP contribution < -0.4 is 4.90 Å². The molecule has 0 atom stereocenters. The second kappa shape index (κ2) is 5.33. The van der Waals surface area contributed by atoms with Crippen molar-refractivity contribution in [3.05, 3.63) is 27.4 Å². The number of pyridine rings is 1. The number of hydrogen-bond donors (Lipinski definition) is 0. The van der Waals surface area contributed by atoms with Crippen LogP contribution in [0.15, 0.2) is 12.1 Å². The average molecular weight is 284 g/mol. The van der Waals surface area contributed by atoms with E-state index < -0.39 is 4.92 Å². The van der Waals surface area contributed by atoms with Gasteiger partial charge in [0.1, 0.15) is 5.15 Å². The summed E-state index contributed by atoms with van der Waals surface area (Å²) in [4.78, 5) is 16.8. The van der Waals surface area contributed by atoms with Gasteiger partial charge in [-0.1, -0.05) is 25.4 Å². The first-order valence-corrected chi connectivity index (χ1v) is 6.83. The topological polar surface area (TPSA) is 59.3 Å². The minimum atomic E-state index is -0.394. The number of hydrogen-bond acceptors (Lipinski definition) is 4. The molecule has 5 nitrogen and oxygen atoms in total. The maximum Gasteiger partial charge on any atom is 0.311 e. The van der Waals surface area contributed by atoms with E-state index in [0.717, 1.165) is 32.4 Å². The summed E-state index contributed by atoms with van der Waals surface area (Å²) in [6.07, 6.45) is 3.13. The van der Waals surface area contributed by atoms with Gasteiger partial charge in [-0.2, -0.15) is 0 Å². The molecule has 0 bridgehead atoms. The molecule has 1 aliphatic rings. The summed E-state index contributed by atoms with van der Waals surface area (Å²) in [6, 6.07) is 2.89. The highest BCUT2D eigenvalue weighted by molar-refractivity contribution is 6.29. The van der Waals surface area contributed by atoms with Crippen LogP contribution in [0.3, 0.4) is 0 Å². The Labute approximate surface area is 117 Å². The molecule has 1 aromatic rings. The zero-order valence-corrected chi connectivity index (χ0v) is 12.0. The van der Waals surface area contributed by atoms with E-state index in [1.54, 1.807) is 0 Å². The third-order valence-corrected chi connectivity index (χ3v) is 3.87. The largest absolute Gasteiger partial charge is 0.351 e. The van der Waals surface area contributed by atoms with Crippen LogP contribution in [0.25, 0.3) is 0 Å². The van der Waals surface area contributed by atoms with Crippen LogP contribution in [0.4, 0.5) is 11.5 Å². The summed E-state index contributed by atoms with van der Waals surface area (Å²) in [5.41, 5.74) is 0.311. The lowest BCUT2D eigenvalue weighted by molar-refractivity contribution is -0.384. The van der Waals surface area contributed by atoms with Gasteiger partial charge in [-0.05, 0) is 30.7 Å². The van der Waals surface area contributed by atoms with E-state index in [4.69, 9.17) is 11.6 Å². The summed E-state index contributed by atoms with van der Waals surface area (Å²) >= 11 is 5.88. The van der Waals surface area contributed by atoms with Gasteiger partial charge in [0.25, 0.3) is 0 Å². The molecular weight excluding hydrogens is 266 g/mol. The van der Waals surface area contributed by atoms with Gasteiger partial charge in [0, 0.05) is 19.2 Å². The fourth-order valence-corrected chi connectivity index (χ4v) is 2.57. The average Bonchev–Trinajstić information content (AvgIpc) is 2.49. The SMILES string of the molecule is CC1(C)CCCN(c2nc(Cl)ccc2[N+](=O)[O-])CC1. The Morgan fingerprint density at radius 3 is 2.79 bits per heavy atom. The van der Waals surface area contributed by atoms with Crippen LogP contribution in [0, 0.1) is 15.5 Å². The van der Waals surface area contributed by atoms with Crippen LogP contribution in [-0.4, -0.2) is 23.0 Å². The Bertz CT molecular complexity index is 491. The minimum absolute atomic E-state index is 0.0316. The number of rotatable bonds is 2. The van der Waals surface area contributed by atoms with Gasteiger partial charge in [0.2, 0.25) is 5.82 Å². The van der Waals surface area contributed by atoms with Crippen molar-refractivity contribution in [3.63, 3.8) is 0 Å². The molecule has 1 aromatic heterocycles. The third kappa shape index (κ3) is 3.35. The van der Waals surface area contributed by atoms with Crippen LogP contribution in [0.5, 0.6) is 0 Å². The van der Waals surface area contributed by atoms with Gasteiger partial charge in [-0.25, -0.2) is 4.98 Å². The Balaban J connectivity index is 2.30. The molecule has 0 radical (unpaired) electrons. The lowest BCUT2D eigenvalue weighted by atomic mass is 9.85. The van der Waals surface area contributed by atoms with E-state index in [1.165, 1.54) is 12.1 Å². The maximum atomic E-state index is 11.1. The summed E-state index contributed by atoms with van der Waals surface area (Å²) in [6.45, 7) is 6.03. The first-order valence-electron chi connectivity index (χ1n) is 6.45. The Morgan fingerprint density at radius 2 is 2.11 bits per heavy atom. The molecule has 0 unspecified atom stereocenters. The lowest BCUT2D eigenvalue weighted by Crippen LogP contribution is -2.26. The summed E-state index contributed by atoms with van der Waals surface area (Å²) in [5.74, 6) is 0.398. The zero-order valence-electron chi connectivity index (χ0n) is 11.2. The lowest BCUT2D eigenvalue weighted by Gasteiger charge is -2.23. The van der Waals surface area contributed by atoms with E-state index in [1.807, 2.05) is 4.90 Å². The highest BCUT2D eigenvalue weighted by atomic mass is 35.5. The second-order valence-electron chi connectivity index (χ2n) is 5.74. The molecule has 2 rings (SSSR count). The molecule has 0 N–H and O–H groups in total. The maximum absolute atomic E-state index is 11.1. The Hall–Kier alpha value is -1.36. The minimum Gasteiger partial charge on any atom is -0.351 e. The molecule has 0 aliphatic carbocycles. The van der Waals surface area contributed by atoms with Crippen molar-refractivity contribution in [1.29, 1.82) is 0 Å². The number of halogens is 1. The highest BCUT2D eigenvalue weighted by Gasteiger charge is 2.27. The second-order valence-corrected chi connectivity index (χ2v) is 6.13. The van der Waals surface area contributed by atoms with Gasteiger partial charge in [-0.3, -0.25) is 10.1 Å². The van der Waals surface area contributed by atoms with E-state index in [9.17, 15) is 10.1 Å². The van der Waals surface area contributed by atoms with Crippen LogP contribution in [0.1, 0.15) is 33.1 Å². The smallest absolute Gasteiger partial charge is 0.311 e. The van der Waals surface area contributed by atoms with Crippen molar-refractivity contribution in [1.82, 2.24) is 4.98 Å². The Morgan fingerprint density at radius 1 is 1.37 bits per heavy atom. The first-order chi connectivity index (χ1) is 8.89.